The summed E-state index contributed by atoms with van der Waals surface area (Å²) in [6.07, 6.45) is 1.31. The largest absolute Gasteiger partial charge is 0.486 e. The van der Waals surface area contributed by atoms with E-state index in [1.54, 1.807) is 11.0 Å². The number of hydrogen-bond acceptors (Lipinski definition) is 5. The van der Waals surface area contributed by atoms with Crippen LogP contribution in [0.2, 0.25) is 0 Å². The standard InChI is InChI=1S/C16H22N2O5S/c1-2-3-16(19)17-6-8-18(9-7-17)24(20,21)13-4-5-14-15(12-13)23-11-10-22-14/h4-5,12H,2-3,6-11H2,1H3. The number of carbonyl (C=O) groups is 1. The Labute approximate surface area is 142 Å². The van der Waals surface area contributed by atoms with Gasteiger partial charge in [-0.05, 0) is 18.6 Å². The minimum Gasteiger partial charge on any atom is -0.486 e. The fraction of sp³-hybridized carbons (Fsp3) is 0.562. The third kappa shape index (κ3) is 3.34. The molecule has 0 unspecified atom stereocenters. The van der Waals surface area contributed by atoms with Crippen LogP contribution in [0.4, 0.5) is 0 Å². The first-order valence-corrected chi connectivity index (χ1v) is 9.64. The minimum atomic E-state index is -3.60. The van der Waals surface area contributed by atoms with Gasteiger partial charge in [-0.2, -0.15) is 4.31 Å². The van der Waals surface area contributed by atoms with Gasteiger partial charge in [-0.1, -0.05) is 6.92 Å². The summed E-state index contributed by atoms with van der Waals surface area (Å²) >= 11 is 0. The molecule has 1 aromatic carbocycles. The number of sulfonamides is 1. The molecule has 8 heteroatoms. The highest BCUT2D eigenvalue weighted by molar-refractivity contribution is 7.89. The molecule has 7 nitrogen and oxygen atoms in total. The Morgan fingerprint density at radius 1 is 1.08 bits per heavy atom. The third-order valence-electron chi connectivity index (χ3n) is 4.21. The van der Waals surface area contributed by atoms with Crippen molar-refractivity contribution in [2.75, 3.05) is 39.4 Å². The number of ether oxygens (including phenoxy) is 2. The average molecular weight is 354 g/mol. The molecule has 2 heterocycles. The first-order chi connectivity index (χ1) is 11.5. The van der Waals surface area contributed by atoms with Crippen LogP contribution in [0.5, 0.6) is 11.5 Å². The van der Waals surface area contributed by atoms with E-state index in [1.165, 1.54) is 16.4 Å². The number of nitrogens with zero attached hydrogens (tertiary/aromatic N) is 2. The van der Waals surface area contributed by atoms with Crippen LogP contribution in [0.25, 0.3) is 0 Å². The molecule has 0 atom stereocenters. The highest BCUT2D eigenvalue weighted by atomic mass is 32.2. The SMILES string of the molecule is CCCC(=O)N1CCN(S(=O)(=O)c2ccc3c(c2)OCCO3)CC1. The Bertz CT molecular complexity index is 711. The average Bonchev–Trinajstić information content (AvgIpc) is 2.61. The Morgan fingerprint density at radius 3 is 2.42 bits per heavy atom. The zero-order valence-electron chi connectivity index (χ0n) is 13.7. The van der Waals surface area contributed by atoms with E-state index in [0.717, 1.165) is 6.42 Å². The van der Waals surface area contributed by atoms with Crippen LogP contribution < -0.4 is 9.47 Å². The molecule has 2 aliphatic rings. The van der Waals surface area contributed by atoms with Crippen molar-refractivity contribution in [2.45, 2.75) is 24.7 Å². The van der Waals surface area contributed by atoms with Crippen LogP contribution in [-0.2, 0) is 14.8 Å². The molecule has 0 spiro atoms. The lowest BCUT2D eigenvalue weighted by Gasteiger charge is -2.34. The highest BCUT2D eigenvalue weighted by Crippen LogP contribution is 2.33. The van der Waals surface area contributed by atoms with Crippen molar-refractivity contribution in [1.29, 1.82) is 0 Å². The summed E-state index contributed by atoms with van der Waals surface area (Å²) in [5.41, 5.74) is 0. The predicted molar refractivity (Wildman–Crippen MR) is 87.7 cm³/mol. The van der Waals surface area contributed by atoms with Gasteiger partial charge < -0.3 is 14.4 Å². The fourth-order valence-corrected chi connectivity index (χ4v) is 4.32. The lowest BCUT2D eigenvalue weighted by atomic mass is 10.2. The van der Waals surface area contributed by atoms with Gasteiger partial charge in [0.25, 0.3) is 0 Å². The Kier molecular flexibility index (Phi) is 4.96. The van der Waals surface area contributed by atoms with E-state index in [2.05, 4.69) is 0 Å². The van der Waals surface area contributed by atoms with Crippen LogP contribution >= 0.6 is 0 Å². The molecule has 0 aliphatic carbocycles. The molecule has 0 bridgehead atoms. The maximum atomic E-state index is 12.8. The molecular weight excluding hydrogens is 332 g/mol. The fourth-order valence-electron chi connectivity index (χ4n) is 2.88. The zero-order chi connectivity index (χ0) is 17.2. The zero-order valence-corrected chi connectivity index (χ0v) is 14.5. The molecule has 0 aromatic heterocycles. The molecule has 0 saturated carbocycles. The molecule has 1 aromatic rings. The van der Waals surface area contributed by atoms with E-state index in [4.69, 9.17) is 9.47 Å². The van der Waals surface area contributed by atoms with Crippen molar-refractivity contribution in [3.8, 4) is 11.5 Å². The van der Waals surface area contributed by atoms with Crippen molar-refractivity contribution in [1.82, 2.24) is 9.21 Å². The van der Waals surface area contributed by atoms with Gasteiger partial charge in [0.2, 0.25) is 15.9 Å². The van der Waals surface area contributed by atoms with Crippen LogP contribution in [0, 0.1) is 0 Å². The number of piperazine rings is 1. The van der Waals surface area contributed by atoms with Crippen LogP contribution in [0.1, 0.15) is 19.8 Å². The Hall–Kier alpha value is -1.80. The van der Waals surface area contributed by atoms with Gasteiger partial charge in [0, 0.05) is 38.7 Å². The number of fused-ring (bicyclic) bond motifs is 1. The number of rotatable bonds is 4. The molecule has 1 saturated heterocycles. The van der Waals surface area contributed by atoms with E-state index in [9.17, 15) is 13.2 Å². The first kappa shape index (κ1) is 17.0. The van der Waals surface area contributed by atoms with Gasteiger partial charge >= 0.3 is 0 Å². The minimum absolute atomic E-state index is 0.0916. The summed E-state index contributed by atoms with van der Waals surface area (Å²) < 4.78 is 37.9. The quantitative estimate of drug-likeness (QED) is 0.809. The van der Waals surface area contributed by atoms with Crippen molar-refractivity contribution < 1.29 is 22.7 Å². The lowest BCUT2D eigenvalue weighted by molar-refractivity contribution is -0.132. The maximum Gasteiger partial charge on any atom is 0.243 e. The van der Waals surface area contributed by atoms with Crippen LogP contribution in [0.15, 0.2) is 23.1 Å². The predicted octanol–water partition coefficient (Wildman–Crippen LogP) is 1.09. The maximum absolute atomic E-state index is 12.8. The lowest BCUT2D eigenvalue weighted by Crippen LogP contribution is -2.50. The second-order valence-electron chi connectivity index (χ2n) is 5.84. The van der Waals surface area contributed by atoms with Crippen LogP contribution in [-0.4, -0.2) is 62.9 Å². The number of benzene rings is 1. The molecule has 132 valence electrons. The number of hydrogen-bond donors (Lipinski definition) is 0. The summed E-state index contributed by atoms with van der Waals surface area (Å²) in [6, 6.07) is 4.68. The Balaban J connectivity index is 1.71. The summed E-state index contributed by atoms with van der Waals surface area (Å²) in [6.45, 7) is 4.33. The van der Waals surface area contributed by atoms with Gasteiger partial charge in [0.05, 0.1) is 4.90 Å². The monoisotopic (exact) mass is 354 g/mol. The number of amides is 1. The van der Waals surface area contributed by atoms with Gasteiger partial charge in [-0.3, -0.25) is 4.79 Å². The third-order valence-corrected chi connectivity index (χ3v) is 6.10. The van der Waals surface area contributed by atoms with Gasteiger partial charge in [0.15, 0.2) is 11.5 Å². The summed E-state index contributed by atoms with van der Waals surface area (Å²) in [5, 5.41) is 0. The molecule has 24 heavy (non-hydrogen) atoms. The van der Waals surface area contributed by atoms with Crippen molar-refractivity contribution in [2.24, 2.45) is 0 Å². The Morgan fingerprint density at radius 2 is 1.75 bits per heavy atom. The van der Waals surface area contributed by atoms with E-state index >= 15 is 0 Å². The smallest absolute Gasteiger partial charge is 0.243 e. The van der Waals surface area contributed by atoms with Crippen molar-refractivity contribution >= 4 is 15.9 Å². The summed E-state index contributed by atoms with van der Waals surface area (Å²) in [5.74, 6) is 1.11. The number of carbonyl (C=O) groups excluding carboxylic acids is 1. The molecular formula is C16H22N2O5S. The van der Waals surface area contributed by atoms with Gasteiger partial charge in [0.1, 0.15) is 13.2 Å². The van der Waals surface area contributed by atoms with Crippen molar-refractivity contribution in [3.05, 3.63) is 18.2 Å². The molecule has 0 N–H and O–H groups in total. The van der Waals surface area contributed by atoms with Gasteiger partial charge in [-0.15, -0.1) is 0 Å². The molecule has 1 amide bonds. The summed E-state index contributed by atoms with van der Waals surface area (Å²) in [7, 11) is -3.60. The highest BCUT2D eigenvalue weighted by Gasteiger charge is 2.30. The van der Waals surface area contributed by atoms with E-state index in [-0.39, 0.29) is 10.8 Å². The van der Waals surface area contributed by atoms with Crippen molar-refractivity contribution in [3.63, 3.8) is 0 Å². The van der Waals surface area contributed by atoms with E-state index < -0.39 is 10.0 Å². The normalized spacial score (nSPS) is 18.5. The van der Waals surface area contributed by atoms with E-state index in [1.807, 2.05) is 6.92 Å². The second kappa shape index (κ2) is 6.98. The second-order valence-corrected chi connectivity index (χ2v) is 7.78. The first-order valence-electron chi connectivity index (χ1n) is 8.20. The molecule has 0 radical (unpaired) electrons. The van der Waals surface area contributed by atoms with E-state index in [0.29, 0.717) is 57.3 Å². The topological polar surface area (TPSA) is 76.2 Å². The molecule has 2 aliphatic heterocycles. The molecule has 1 fully saturated rings. The van der Waals surface area contributed by atoms with Gasteiger partial charge in [-0.25, -0.2) is 8.42 Å². The molecule has 3 rings (SSSR count). The van der Waals surface area contributed by atoms with Crippen LogP contribution in [0.3, 0.4) is 0 Å². The summed E-state index contributed by atoms with van der Waals surface area (Å²) in [4.78, 5) is 13.8.